The van der Waals surface area contributed by atoms with Gasteiger partial charge < -0.3 is 14.4 Å². The maximum atomic E-state index is 12.1. The van der Waals surface area contributed by atoms with Crippen LogP contribution < -0.4 is 0 Å². The fraction of sp³-hybridized carbons (Fsp3) is 0.444. The van der Waals surface area contributed by atoms with Crippen LogP contribution in [0.3, 0.4) is 0 Å². The van der Waals surface area contributed by atoms with E-state index < -0.39 is 5.97 Å². The van der Waals surface area contributed by atoms with E-state index in [1.807, 2.05) is 6.92 Å². The Morgan fingerprint density at radius 2 is 1.85 bits per heavy atom. The average molecular weight is 481 g/mol. The number of benzene rings is 2. The van der Waals surface area contributed by atoms with E-state index in [2.05, 4.69) is 58.8 Å². The lowest BCUT2D eigenvalue weighted by molar-refractivity contribution is -0.133. The molecule has 2 aromatic carbocycles. The summed E-state index contributed by atoms with van der Waals surface area (Å²) in [6.07, 6.45) is 4.51. The molecular formula is C27H32N2O4S. The van der Waals surface area contributed by atoms with Crippen LogP contribution in [0, 0.1) is 5.92 Å². The molecule has 1 heterocycles. The molecule has 2 aliphatic rings. The quantitative estimate of drug-likeness (QED) is 0.295. The molecule has 0 radical (unpaired) electrons. The zero-order valence-corrected chi connectivity index (χ0v) is 20.8. The van der Waals surface area contributed by atoms with Crippen molar-refractivity contribution in [3.63, 3.8) is 0 Å². The zero-order valence-electron chi connectivity index (χ0n) is 20.0. The Labute approximate surface area is 205 Å². The normalized spacial score (nSPS) is 22.7. The highest BCUT2D eigenvalue weighted by molar-refractivity contribution is 8.01. The molecule has 34 heavy (non-hydrogen) atoms. The van der Waals surface area contributed by atoms with Crippen molar-refractivity contribution in [2.45, 2.75) is 43.8 Å². The number of oxime groups is 2. The summed E-state index contributed by atoms with van der Waals surface area (Å²) in [6.45, 7) is 2.36. The molecule has 0 saturated carbocycles. The minimum Gasteiger partial charge on any atom is -0.464 e. The number of rotatable bonds is 8. The molecule has 1 aliphatic heterocycles. The number of nitrogens with zero attached hydrogens (tertiary/aromatic N) is 2. The number of hydrogen-bond donors (Lipinski definition) is 0. The lowest BCUT2D eigenvalue weighted by atomic mass is 9.79. The van der Waals surface area contributed by atoms with Crippen LogP contribution in [-0.2, 0) is 25.6 Å². The molecule has 0 amide bonds. The Kier molecular flexibility index (Phi) is 8.27. The van der Waals surface area contributed by atoms with Gasteiger partial charge in [0.25, 0.3) is 0 Å². The second-order valence-electron chi connectivity index (χ2n) is 8.73. The van der Waals surface area contributed by atoms with Crippen LogP contribution in [0.15, 0.2) is 58.8 Å². The van der Waals surface area contributed by atoms with Gasteiger partial charge in [-0.1, -0.05) is 58.8 Å². The standard InChI is InChI=1S/C27H32N2O4S/c1-18(28-33-17-22-15-16-34-26(22)25(29-32-3)27(30)31-2)19-11-13-21(14-12-19)24-10-6-8-20-7-4-5-9-23(20)24/h4-5,7,9,11-14,22,24,26H,6,8,10,15-17H2,1-3H3/b28-18+,29-25+. The minimum atomic E-state index is -0.466. The van der Waals surface area contributed by atoms with Gasteiger partial charge in [0.15, 0.2) is 5.71 Å². The fourth-order valence-corrected chi connectivity index (χ4v) is 6.33. The molecule has 6 nitrogen and oxygen atoms in total. The molecule has 3 unspecified atom stereocenters. The van der Waals surface area contributed by atoms with Crippen molar-refractivity contribution in [2.75, 3.05) is 26.6 Å². The van der Waals surface area contributed by atoms with Gasteiger partial charge in [0.2, 0.25) is 0 Å². The first-order chi connectivity index (χ1) is 16.6. The summed E-state index contributed by atoms with van der Waals surface area (Å²) >= 11 is 1.67. The third kappa shape index (κ3) is 5.46. The van der Waals surface area contributed by atoms with Gasteiger partial charge in [-0.3, -0.25) is 0 Å². The summed E-state index contributed by atoms with van der Waals surface area (Å²) in [5, 5.41) is 8.15. The number of carbonyl (C=O) groups is 1. The Hall–Kier alpha value is -2.80. The van der Waals surface area contributed by atoms with Crippen LogP contribution in [0.4, 0.5) is 0 Å². The SMILES string of the molecule is CO/N=C(/C(=O)OC)C1SCCC1CO/N=C(\C)c1ccc(C2CCCc3ccccc32)cc1. The van der Waals surface area contributed by atoms with E-state index in [-0.39, 0.29) is 11.2 Å². The Bertz CT molecular complexity index is 1050. The number of esters is 1. The van der Waals surface area contributed by atoms with Crippen LogP contribution in [0.1, 0.15) is 54.4 Å². The summed E-state index contributed by atoms with van der Waals surface area (Å²) in [5.41, 5.74) is 6.45. The topological polar surface area (TPSA) is 69.5 Å². The number of ether oxygens (including phenoxy) is 1. The van der Waals surface area contributed by atoms with Crippen molar-refractivity contribution >= 4 is 29.2 Å². The van der Waals surface area contributed by atoms with Gasteiger partial charge >= 0.3 is 5.97 Å². The monoisotopic (exact) mass is 480 g/mol. The number of fused-ring (bicyclic) bond motifs is 1. The molecule has 1 saturated heterocycles. The maximum Gasteiger partial charge on any atom is 0.357 e. The van der Waals surface area contributed by atoms with Gasteiger partial charge in [-0.15, -0.1) is 0 Å². The van der Waals surface area contributed by atoms with Gasteiger partial charge in [0.1, 0.15) is 13.7 Å². The highest BCUT2D eigenvalue weighted by Gasteiger charge is 2.37. The van der Waals surface area contributed by atoms with Gasteiger partial charge in [-0.05, 0) is 60.6 Å². The van der Waals surface area contributed by atoms with Crippen molar-refractivity contribution in [3.05, 3.63) is 70.8 Å². The van der Waals surface area contributed by atoms with Crippen molar-refractivity contribution < 1.29 is 19.2 Å². The molecule has 3 atom stereocenters. The molecule has 1 aliphatic carbocycles. The molecule has 1 fully saturated rings. The predicted molar refractivity (Wildman–Crippen MR) is 137 cm³/mol. The van der Waals surface area contributed by atoms with Crippen molar-refractivity contribution in [3.8, 4) is 0 Å². The zero-order chi connectivity index (χ0) is 23.9. The van der Waals surface area contributed by atoms with Crippen LogP contribution in [0.5, 0.6) is 0 Å². The Balaban J connectivity index is 1.39. The molecule has 2 aromatic rings. The third-order valence-electron chi connectivity index (χ3n) is 6.66. The molecule has 180 valence electrons. The molecule has 0 bridgehead atoms. The highest BCUT2D eigenvalue weighted by Crippen LogP contribution is 2.37. The van der Waals surface area contributed by atoms with E-state index in [0.29, 0.717) is 18.2 Å². The molecule has 0 N–H and O–H groups in total. The first kappa shape index (κ1) is 24.3. The smallest absolute Gasteiger partial charge is 0.357 e. The molecule has 0 spiro atoms. The lowest BCUT2D eigenvalue weighted by Crippen LogP contribution is -2.33. The van der Waals surface area contributed by atoms with Crippen LogP contribution in [0.2, 0.25) is 0 Å². The van der Waals surface area contributed by atoms with Gasteiger partial charge in [-0.2, -0.15) is 11.8 Å². The molecular weight excluding hydrogens is 448 g/mol. The number of carbonyl (C=O) groups excluding carboxylic acids is 1. The second-order valence-corrected chi connectivity index (χ2v) is 9.98. The predicted octanol–water partition coefficient (Wildman–Crippen LogP) is 5.19. The van der Waals surface area contributed by atoms with Crippen LogP contribution >= 0.6 is 11.8 Å². The Morgan fingerprint density at radius 3 is 2.62 bits per heavy atom. The van der Waals surface area contributed by atoms with Crippen LogP contribution in [0.25, 0.3) is 0 Å². The molecule has 7 heteroatoms. The summed E-state index contributed by atoms with van der Waals surface area (Å²) in [6, 6.07) is 17.5. The largest absolute Gasteiger partial charge is 0.464 e. The summed E-state index contributed by atoms with van der Waals surface area (Å²) in [4.78, 5) is 22.7. The van der Waals surface area contributed by atoms with Crippen molar-refractivity contribution in [2.24, 2.45) is 16.2 Å². The van der Waals surface area contributed by atoms with E-state index in [0.717, 1.165) is 23.4 Å². The highest BCUT2D eigenvalue weighted by atomic mass is 32.2. The Morgan fingerprint density at radius 1 is 1.06 bits per heavy atom. The van der Waals surface area contributed by atoms with E-state index in [1.54, 1.807) is 11.8 Å². The van der Waals surface area contributed by atoms with E-state index in [4.69, 9.17) is 14.4 Å². The number of hydrogen-bond acceptors (Lipinski definition) is 7. The summed E-state index contributed by atoms with van der Waals surface area (Å²) in [5.74, 6) is 1.03. The maximum absolute atomic E-state index is 12.1. The van der Waals surface area contributed by atoms with E-state index >= 15 is 0 Å². The van der Waals surface area contributed by atoms with E-state index in [1.165, 1.54) is 50.2 Å². The fourth-order valence-electron chi connectivity index (χ4n) is 4.85. The van der Waals surface area contributed by atoms with Gasteiger partial charge in [-0.25, -0.2) is 4.79 Å². The second kappa shape index (κ2) is 11.6. The first-order valence-corrected chi connectivity index (χ1v) is 12.8. The van der Waals surface area contributed by atoms with Gasteiger partial charge in [0, 0.05) is 11.8 Å². The third-order valence-corrected chi connectivity index (χ3v) is 8.10. The number of thioether (sulfide) groups is 1. The minimum absolute atomic E-state index is 0.114. The number of methoxy groups -OCH3 is 1. The van der Waals surface area contributed by atoms with Crippen molar-refractivity contribution in [1.82, 2.24) is 0 Å². The first-order valence-electron chi connectivity index (χ1n) is 11.8. The molecule has 4 rings (SSSR count). The lowest BCUT2D eigenvalue weighted by Gasteiger charge is -2.26. The summed E-state index contributed by atoms with van der Waals surface area (Å²) in [7, 11) is 2.78. The molecule has 0 aromatic heterocycles. The van der Waals surface area contributed by atoms with Gasteiger partial charge in [0.05, 0.1) is 18.1 Å². The van der Waals surface area contributed by atoms with Crippen molar-refractivity contribution in [1.29, 1.82) is 0 Å². The average Bonchev–Trinajstić information content (AvgIpc) is 3.34. The number of aryl methyl sites for hydroxylation is 1. The van der Waals surface area contributed by atoms with E-state index in [9.17, 15) is 4.79 Å². The van der Waals surface area contributed by atoms with Crippen LogP contribution in [-0.4, -0.2) is 49.2 Å². The summed E-state index contributed by atoms with van der Waals surface area (Å²) < 4.78 is 4.87.